The molecule has 0 bridgehead atoms. The topological polar surface area (TPSA) is 105 Å². The standard InChI is InChI=1S/C55H101N2O6P/c1-6-8-10-12-14-16-18-20-21-22-23-24-25-26-27-28-29-30-31-32-33-34-35-37-38-40-42-44-46-48-54(58)53(52-63-64(60,61)62-51-50-57(3,4)5)56-55(59)49-47-45-43-41-39-36-19-17-15-13-11-9-7-2/h9,11,15,17,33-34,36,38-40,46,48,53-54,58H,6-8,10,12-14,16,18-32,35,37,41-45,47,49-52H2,1-5H3,(H-,56,59,60,61)/p+1/b11-9-,17-15-,34-33+,39-36-,40-38+,48-46+. The van der Waals surface area contributed by atoms with Crippen LogP contribution in [0.2, 0.25) is 0 Å². The summed E-state index contributed by atoms with van der Waals surface area (Å²) < 4.78 is 23.6. The van der Waals surface area contributed by atoms with E-state index < -0.39 is 20.0 Å². The Balaban J connectivity index is 4.28. The van der Waals surface area contributed by atoms with Gasteiger partial charge in [0.2, 0.25) is 5.91 Å². The Morgan fingerprint density at radius 3 is 1.44 bits per heavy atom. The number of nitrogens with zero attached hydrogens (tertiary/aromatic N) is 1. The first kappa shape index (κ1) is 61.9. The molecular formula is C55H102N2O6P+. The third kappa shape index (κ3) is 47.9. The monoisotopic (exact) mass is 918 g/mol. The molecule has 1 amide bonds. The smallest absolute Gasteiger partial charge is 0.387 e. The zero-order chi connectivity index (χ0) is 47.1. The average molecular weight is 918 g/mol. The quantitative estimate of drug-likeness (QED) is 0.0243. The average Bonchev–Trinajstić information content (AvgIpc) is 3.25. The zero-order valence-corrected chi connectivity index (χ0v) is 43.1. The maximum Gasteiger partial charge on any atom is 0.472 e. The van der Waals surface area contributed by atoms with Crippen LogP contribution in [0, 0.1) is 0 Å². The number of aliphatic hydroxyl groups excluding tert-OH is 1. The Bertz CT molecular complexity index is 1270. The van der Waals surface area contributed by atoms with E-state index in [-0.39, 0.29) is 19.1 Å². The van der Waals surface area contributed by atoms with Gasteiger partial charge in [-0.3, -0.25) is 13.8 Å². The van der Waals surface area contributed by atoms with Crippen LogP contribution >= 0.6 is 7.82 Å². The summed E-state index contributed by atoms with van der Waals surface area (Å²) in [6, 6.07) is -0.888. The number of carbonyl (C=O) groups is 1. The molecule has 3 atom stereocenters. The third-order valence-corrected chi connectivity index (χ3v) is 12.4. The molecule has 0 radical (unpaired) electrons. The molecule has 8 nitrogen and oxygen atoms in total. The number of nitrogens with one attached hydrogen (secondary N) is 1. The molecule has 0 aromatic rings. The number of phosphoric ester groups is 1. The minimum atomic E-state index is -4.36. The summed E-state index contributed by atoms with van der Waals surface area (Å²) in [7, 11) is 1.52. The number of hydrogen-bond donors (Lipinski definition) is 3. The van der Waals surface area contributed by atoms with Gasteiger partial charge in [-0.05, 0) is 77.0 Å². The lowest BCUT2D eigenvalue weighted by Crippen LogP contribution is -2.45. The lowest BCUT2D eigenvalue weighted by molar-refractivity contribution is -0.870. The molecule has 0 aliphatic heterocycles. The van der Waals surface area contributed by atoms with Crippen molar-refractivity contribution in [1.29, 1.82) is 0 Å². The molecule has 0 saturated heterocycles. The summed E-state index contributed by atoms with van der Waals surface area (Å²) >= 11 is 0. The van der Waals surface area contributed by atoms with Gasteiger partial charge in [0.15, 0.2) is 0 Å². The van der Waals surface area contributed by atoms with Crippen LogP contribution in [0.3, 0.4) is 0 Å². The van der Waals surface area contributed by atoms with Crippen LogP contribution in [0.5, 0.6) is 0 Å². The van der Waals surface area contributed by atoms with E-state index in [2.05, 4.69) is 79.9 Å². The second-order valence-corrected chi connectivity index (χ2v) is 20.3. The van der Waals surface area contributed by atoms with Gasteiger partial charge in [0.25, 0.3) is 0 Å². The van der Waals surface area contributed by atoms with Crippen molar-refractivity contribution in [3.05, 3.63) is 72.9 Å². The molecule has 0 aromatic carbocycles. The number of quaternary nitrogens is 1. The highest BCUT2D eigenvalue weighted by molar-refractivity contribution is 7.47. The fourth-order valence-corrected chi connectivity index (χ4v) is 8.00. The lowest BCUT2D eigenvalue weighted by Gasteiger charge is -2.25. The molecule has 372 valence electrons. The van der Waals surface area contributed by atoms with Gasteiger partial charge in [0.1, 0.15) is 13.2 Å². The van der Waals surface area contributed by atoms with Crippen molar-refractivity contribution in [3.8, 4) is 0 Å². The van der Waals surface area contributed by atoms with Gasteiger partial charge in [0, 0.05) is 6.42 Å². The fraction of sp³-hybridized carbons (Fsp3) is 0.764. The predicted molar refractivity (Wildman–Crippen MR) is 276 cm³/mol. The highest BCUT2D eigenvalue weighted by Gasteiger charge is 2.27. The number of rotatable bonds is 47. The van der Waals surface area contributed by atoms with E-state index in [4.69, 9.17) is 9.05 Å². The van der Waals surface area contributed by atoms with Gasteiger partial charge in [-0.1, -0.05) is 209 Å². The van der Waals surface area contributed by atoms with Crippen LogP contribution in [0.4, 0.5) is 0 Å². The van der Waals surface area contributed by atoms with E-state index in [1.54, 1.807) is 6.08 Å². The van der Waals surface area contributed by atoms with Gasteiger partial charge in [-0.2, -0.15) is 0 Å². The minimum Gasteiger partial charge on any atom is -0.387 e. The van der Waals surface area contributed by atoms with E-state index in [1.807, 2.05) is 27.2 Å². The zero-order valence-electron chi connectivity index (χ0n) is 42.3. The molecular weight excluding hydrogens is 816 g/mol. The molecule has 3 unspecified atom stereocenters. The summed E-state index contributed by atoms with van der Waals surface area (Å²) in [5.74, 6) is -0.222. The molecule has 0 aromatic heterocycles. The van der Waals surface area contributed by atoms with E-state index >= 15 is 0 Å². The summed E-state index contributed by atoms with van der Waals surface area (Å²) in [4.78, 5) is 23.1. The molecule has 0 heterocycles. The van der Waals surface area contributed by atoms with E-state index in [0.717, 1.165) is 70.6 Å². The Morgan fingerprint density at radius 2 is 0.953 bits per heavy atom. The summed E-state index contributed by atoms with van der Waals surface area (Å²) in [5, 5.41) is 13.8. The van der Waals surface area contributed by atoms with Crippen molar-refractivity contribution in [1.82, 2.24) is 5.32 Å². The molecule has 0 aliphatic rings. The fourth-order valence-electron chi connectivity index (χ4n) is 7.26. The highest BCUT2D eigenvalue weighted by Crippen LogP contribution is 2.43. The SMILES string of the molecule is CC/C=C\C/C=C\C/C=C\CCCCCC(=O)NC(COP(=O)(O)OCC[N+](C)(C)C)C(O)/C=C/CC/C=C/CC/C=C/CCCCCCCCCCCCCCCCCCCCC. The van der Waals surface area contributed by atoms with Crippen molar-refractivity contribution in [2.24, 2.45) is 0 Å². The Kier molecular flexibility index (Phi) is 44.6. The van der Waals surface area contributed by atoms with E-state index in [9.17, 15) is 19.4 Å². The van der Waals surface area contributed by atoms with Crippen molar-refractivity contribution in [3.63, 3.8) is 0 Å². The van der Waals surface area contributed by atoms with Crippen LogP contribution < -0.4 is 5.32 Å². The first-order valence-electron chi connectivity index (χ1n) is 26.3. The van der Waals surface area contributed by atoms with Crippen molar-refractivity contribution in [2.75, 3.05) is 40.9 Å². The minimum absolute atomic E-state index is 0.0444. The predicted octanol–water partition coefficient (Wildman–Crippen LogP) is 15.5. The van der Waals surface area contributed by atoms with Crippen LogP contribution in [-0.2, 0) is 18.4 Å². The Hall–Kier alpha value is -2.06. The molecule has 0 spiro atoms. The summed E-state index contributed by atoms with van der Waals surface area (Å²) in [6.07, 6.45) is 63.1. The first-order valence-corrected chi connectivity index (χ1v) is 27.8. The van der Waals surface area contributed by atoms with E-state index in [1.165, 1.54) is 128 Å². The van der Waals surface area contributed by atoms with Crippen molar-refractivity contribution >= 4 is 13.7 Å². The second kappa shape index (κ2) is 46.1. The Labute approximate surface area is 395 Å². The Morgan fingerprint density at radius 1 is 0.547 bits per heavy atom. The third-order valence-electron chi connectivity index (χ3n) is 11.4. The van der Waals surface area contributed by atoms with Crippen LogP contribution in [0.25, 0.3) is 0 Å². The summed E-state index contributed by atoms with van der Waals surface area (Å²) in [6.45, 7) is 4.64. The van der Waals surface area contributed by atoms with Gasteiger partial charge in [-0.15, -0.1) is 0 Å². The normalized spacial score (nSPS) is 14.7. The van der Waals surface area contributed by atoms with Crippen LogP contribution in [-0.4, -0.2) is 73.4 Å². The van der Waals surface area contributed by atoms with Crippen LogP contribution in [0.15, 0.2) is 72.9 Å². The molecule has 3 N–H and O–H groups in total. The number of allylic oxidation sites excluding steroid dienone is 11. The summed E-state index contributed by atoms with van der Waals surface area (Å²) in [5.41, 5.74) is 0. The maximum atomic E-state index is 12.9. The number of amides is 1. The second-order valence-electron chi connectivity index (χ2n) is 18.8. The number of aliphatic hydroxyl groups is 1. The van der Waals surface area contributed by atoms with E-state index in [0.29, 0.717) is 17.4 Å². The molecule has 9 heteroatoms. The molecule has 0 rings (SSSR count). The number of hydrogen-bond acceptors (Lipinski definition) is 5. The van der Waals surface area contributed by atoms with Gasteiger partial charge in [0.05, 0.1) is 39.9 Å². The molecule has 64 heavy (non-hydrogen) atoms. The molecule has 0 fully saturated rings. The van der Waals surface area contributed by atoms with Gasteiger partial charge in [-0.25, -0.2) is 4.57 Å². The van der Waals surface area contributed by atoms with Crippen LogP contribution in [0.1, 0.15) is 219 Å². The molecule has 0 aliphatic carbocycles. The lowest BCUT2D eigenvalue weighted by atomic mass is 10.0. The largest absolute Gasteiger partial charge is 0.472 e. The first-order chi connectivity index (χ1) is 31.0. The molecule has 0 saturated carbocycles. The van der Waals surface area contributed by atoms with Gasteiger partial charge >= 0.3 is 7.82 Å². The number of carbonyl (C=O) groups excluding carboxylic acids is 1. The number of phosphoric acid groups is 1. The maximum absolute atomic E-state index is 12.9. The highest BCUT2D eigenvalue weighted by atomic mass is 31.2. The van der Waals surface area contributed by atoms with Gasteiger partial charge < -0.3 is 19.8 Å². The van der Waals surface area contributed by atoms with Crippen molar-refractivity contribution in [2.45, 2.75) is 231 Å². The number of likely N-dealkylation sites (N-methyl/N-ethyl adjacent to an activating group) is 1. The number of unbranched alkanes of at least 4 members (excludes halogenated alkanes) is 24. The van der Waals surface area contributed by atoms with Crippen molar-refractivity contribution < 1.29 is 32.9 Å².